The van der Waals surface area contributed by atoms with Crippen LogP contribution in [0.25, 0.3) is 11.1 Å². The third-order valence-corrected chi connectivity index (χ3v) is 23.4. The van der Waals surface area contributed by atoms with Gasteiger partial charge in [0.2, 0.25) is 0 Å². The molecule has 2 aromatic rings. The van der Waals surface area contributed by atoms with Gasteiger partial charge in [0.05, 0.1) is 16.1 Å². The molecular weight excluding hydrogens is 603 g/mol. The standard InChI is InChI=1S/C39H63NO4Si2/c1-10-45(11-2,12-3)28-20-26-39(36(41)44-38(7,8)9,27-21-29-46(13-4,14-5)15-6)40-37(42)43-30-35-33-24-18-16-22-31(33)32-23-17-19-25-34(32)35/h16-19,22-25,35H,10-15,20-21,26-30H2,1-9H3,(H,40,42). The first-order valence-corrected chi connectivity index (χ1v) is 23.9. The van der Waals surface area contributed by atoms with Gasteiger partial charge in [-0.25, -0.2) is 9.59 Å². The number of alkyl carbamates (subject to hydrolysis) is 1. The fourth-order valence-electron chi connectivity index (χ4n) is 7.80. The van der Waals surface area contributed by atoms with Crippen molar-refractivity contribution in [3.05, 3.63) is 59.7 Å². The quantitative estimate of drug-likeness (QED) is 0.127. The van der Waals surface area contributed by atoms with Crippen molar-refractivity contribution in [1.82, 2.24) is 5.32 Å². The minimum Gasteiger partial charge on any atom is -0.458 e. The molecule has 7 heteroatoms. The van der Waals surface area contributed by atoms with Crippen LogP contribution >= 0.6 is 0 Å². The summed E-state index contributed by atoms with van der Waals surface area (Å²) in [4.78, 5) is 28.1. The van der Waals surface area contributed by atoms with Crippen molar-refractivity contribution >= 4 is 28.2 Å². The smallest absolute Gasteiger partial charge is 0.408 e. The van der Waals surface area contributed by atoms with Crippen LogP contribution in [-0.2, 0) is 14.3 Å². The van der Waals surface area contributed by atoms with Crippen molar-refractivity contribution in [2.45, 2.75) is 153 Å². The Balaban J connectivity index is 1.90. The summed E-state index contributed by atoms with van der Waals surface area (Å²) >= 11 is 0. The summed E-state index contributed by atoms with van der Waals surface area (Å²) in [7, 11) is -2.81. The largest absolute Gasteiger partial charge is 0.458 e. The number of hydrogen-bond acceptors (Lipinski definition) is 4. The molecule has 3 rings (SSSR count). The molecule has 256 valence electrons. The number of amides is 1. The van der Waals surface area contributed by atoms with E-state index in [-0.39, 0.29) is 18.5 Å². The summed E-state index contributed by atoms with van der Waals surface area (Å²) in [6.45, 7) is 20.0. The van der Waals surface area contributed by atoms with Crippen LogP contribution in [0.5, 0.6) is 0 Å². The topological polar surface area (TPSA) is 64.6 Å². The zero-order chi connectivity index (χ0) is 34.0. The molecule has 0 aliphatic heterocycles. The Kier molecular flexibility index (Phi) is 13.8. The molecule has 1 N–H and O–H groups in total. The molecule has 0 heterocycles. The predicted octanol–water partition coefficient (Wildman–Crippen LogP) is 11.2. The van der Waals surface area contributed by atoms with Crippen LogP contribution in [0.1, 0.15) is 105 Å². The van der Waals surface area contributed by atoms with Gasteiger partial charge in [-0.2, -0.15) is 0 Å². The molecule has 1 aliphatic rings. The van der Waals surface area contributed by atoms with Gasteiger partial charge in [0.1, 0.15) is 17.7 Å². The van der Waals surface area contributed by atoms with E-state index in [9.17, 15) is 9.59 Å². The molecule has 0 bridgehead atoms. The Morgan fingerprint density at radius 2 is 1.11 bits per heavy atom. The average Bonchev–Trinajstić information content (AvgIpc) is 3.37. The number of ether oxygens (including phenoxy) is 2. The lowest BCUT2D eigenvalue weighted by atomic mass is 9.88. The first kappa shape index (κ1) is 38.1. The molecule has 1 amide bonds. The minimum absolute atomic E-state index is 0.0374. The minimum atomic E-state index is -1.41. The zero-order valence-electron chi connectivity index (χ0n) is 30.5. The normalized spacial score (nSPS) is 13.7. The van der Waals surface area contributed by atoms with Gasteiger partial charge in [0.25, 0.3) is 0 Å². The fraction of sp³-hybridized carbons (Fsp3) is 0.641. The molecule has 1 aliphatic carbocycles. The molecule has 0 saturated heterocycles. The van der Waals surface area contributed by atoms with Gasteiger partial charge >= 0.3 is 12.1 Å². The van der Waals surface area contributed by atoms with Gasteiger partial charge in [0, 0.05) is 5.92 Å². The van der Waals surface area contributed by atoms with Gasteiger partial charge in [-0.05, 0) is 55.9 Å². The highest BCUT2D eigenvalue weighted by molar-refractivity contribution is 6.80. The number of rotatable bonds is 18. The molecule has 0 unspecified atom stereocenters. The summed E-state index contributed by atoms with van der Waals surface area (Å²) in [5, 5.41) is 3.20. The number of esters is 1. The summed E-state index contributed by atoms with van der Waals surface area (Å²) in [6, 6.07) is 26.5. The highest BCUT2D eigenvalue weighted by atomic mass is 28.3. The zero-order valence-corrected chi connectivity index (χ0v) is 32.5. The Morgan fingerprint density at radius 3 is 1.50 bits per heavy atom. The molecule has 0 aromatic heterocycles. The fourth-order valence-corrected chi connectivity index (χ4v) is 14.8. The molecule has 0 saturated carbocycles. The van der Waals surface area contributed by atoms with Crippen molar-refractivity contribution in [2.24, 2.45) is 0 Å². The molecule has 5 nitrogen and oxygen atoms in total. The summed E-state index contributed by atoms with van der Waals surface area (Å²) in [5.74, 6) is -0.355. The van der Waals surface area contributed by atoms with E-state index in [4.69, 9.17) is 9.47 Å². The predicted molar refractivity (Wildman–Crippen MR) is 199 cm³/mol. The lowest BCUT2D eigenvalue weighted by Gasteiger charge is -2.37. The average molecular weight is 666 g/mol. The van der Waals surface area contributed by atoms with Gasteiger partial charge in [0.15, 0.2) is 0 Å². The monoisotopic (exact) mass is 665 g/mol. The maximum absolute atomic E-state index is 14.3. The first-order valence-electron chi connectivity index (χ1n) is 18.2. The maximum Gasteiger partial charge on any atom is 0.408 e. The van der Waals surface area contributed by atoms with Crippen molar-refractivity contribution in [3.63, 3.8) is 0 Å². The molecule has 2 aromatic carbocycles. The van der Waals surface area contributed by atoms with Crippen molar-refractivity contribution < 1.29 is 19.1 Å². The highest BCUT2D eigenvalue weighted by Crippen LogP contribution is 2.44. The van der Waals surface area contributed by atoms with Crippen LogP contribution in [0.2, 0.25) is 48.4 Å². The molecule has 0 radical (unpaired) electrons. The summed E-state index contributed by atoms with van der Waals surface area (Å²) in [6.07, 6.45) is 2.45. The van der Waals surface area contributed by atoms with E-state index in [1.54, 1.807) is 0 Å². The number of carbonyl (C=O) groups excluding carboxylic acids is 2. The summed E-state index contributed by atoms with van der Waals surface area (Å²) in [5.41, 5.74) is 2.97. The number of nitrogens with one attached hydrogen (secondary N) is 1. The van der Waals surface area contributed by atoms with Crippen LogP contribution < -0.4 is 5.32 Å². The van der Waals surface area contributed by atoms with Crippen molar-refractivity contribution in [2.75, 3.05) is 6.61 Å². The SMILES string of the molecule is CC[Si](CC)(CC)CCCC(CCC[Si](CC)(CC)CC)(NC(=O)OCC1c2ccccc2-c2ccccc21)C(=O)OC(C)(C)C. The van der Waals surface area contributed by atoms with E-state index in [0.717, 1.165) is 24.9 Å². The van der Waals surface area contributed by atoms with Crippen LogP contribution in [0.15, 0.2) is 48.5 Å². The van der Waals surface area contributed by atoms with Crippen LogP contribution in [0, 0.1) is 0 Å². The van der Waals surface area contributed by atoms with Crippen LogP contribution in [0.4, 0.5) is 4.79 Å². The molecule has 46 heavy (non-hydrogen) atoms. The van der Waals surface area contributed by atoms with Gasteiger partial charge < -0.3 is 14.8 Å². The first-order chi connectivity index (χ1) is 21.9. The second-order valence-corrected chi connectivity index (χ2v) is 26.1. The Bertz CT molecular complexity index is 1190. The molecular formula is C39H63NO4Si2. The molecule has 0 spiro atoms. The second kappa shape index (κ2) is 16.6. The van der Waals surface area contributed by atoms with E-state index in [1.807, 2.05) is 32.9 Å². The van der Waals surface area contributed by atoms with E-state index >= 15 is 0 Å². The van der Waals surface area contributed by atoms with E-state index < -0.39 is 33.4 Å². The van der Waals surface area contributed by atoms with Gasteiger partial charge in [-0.1, -0.05) is 151 Å². The number of hydrogen-bond donors (Lipinski definition) is 1. The van der Waals surface area contributed by atoms with Crippen molar-refractivity contribution in [1.29, 1.82) is 0 Å². The van der Waals surface area contributed by atoms with Crippen molar-refractivity contribution in [3.8, 4) is 11.1 Å². The van der Waals surface area contributed by atoms with Gasteiger partial charge in [-0.15, -0.1) is 0 Å². The molecule has 0 atom stereocenters. The number of benzene rings is 2. The lowest BCUT2D eigenvalue weighted by Crippen LogP contribution is -2.57. The Hall–Kier alpha value is -2.39. The Morgan fingerprint density at radius 1 is 0.696 bits per heavy atom. The highest BCUT2D eigenvalue weighted by Gasteiger charge is 2.44. The van der Waals surface area contributed by atoms with E-state index in [0.29, 0.717) is 12.8 Å². The third-order valence-electron chi connectivity index (χ3n) is 11.6. The Labute approximate surface area is 282 Å². The van der Waals surface area contributed by atoms with Crippen LogP contribution in [-0.4, -0.2) is 46.0 Å². The van der Waals surface area contributed by atoms with Crippen LogP contribution in [0.3, 0.4) is 0 Å². The van der Waals surface area contributed by atoms with E-state index in [1.165, 1.54) is 58.5 Å². The van der Waals surface area contributed by atoms with Gasteiger partial charge in [-0.3, -0.25) is 0 Å². The molecule has 0 fully saturated rings. The third kappa shape index (κ3) is 9.15. The maximum atomic E-state index is 14.3. The number of carbonyl (C=O) groups is 2. The number of fused-ring (bicyclic) bond motifs is 3. The second-order valence-electron chi connectivity index (χ2n) is 14.9. The summed E-state index contributed by atoms with van der Waals surface area (Å²) < 4.78 is 12.2. The van der Waals surface area contributed by atoms with E-state index in [2.05, 4.69) is 83.3 Å². The lowest BCUT2D eigenvalue weighted by molar-refractivity contribution is -0.164.